The predicted molar refractivity (Wildman–Crippen MR) is 81.7 cm³/mol. The van der Waals surface area contributed by atoms with Crippen molar-refractivity contribution in [3.8, 4) is 5.75 Å². The largest absolute Gasteiger partial charge is 0.490 e. The van der Waals surface area contributed by atoms with Crippen molar-refractivity contribution in [1.29, 1.82) is 0 Å². The van der Waals surface area contributed by atoms with E-state index in [4.69, 9.17) is 4.74 Å². The van der Waals surface area contributed by atoms with Crippen LogP contribution in [0.4, 0.5) is 0 Å². The Morgan fingerprint density at radius 3 is 2.60 bits per heavy atom. The Kier molecular flexibility index (Phi) is 7.43. The minimum atomic E-state index is 0.0399. The van der Waals surface area contributed by atoms with Gasteiger partial charge < -0.3 is 15.4 Å². The molecule has 1 aromatic rings. The van der Waals surface area contributed by atoms with E-state index >= 15 is 0 Å². The lowest BCUT2D eigenvalue weighted by atomic mass is 10.2. The van der Waals surface area contributed by atoms with Crippen molar-refractivity contribution in [3.63, 3.8) is 0 Å². The fourth-order valence-electron chi connectivity index (χ4n) is 1.57. The molecule has 0 heterocycles. The molecule has 0 radical (unpaired) electrons. The first-order chi connectivity index (χ1) is 9.63. The molecule has 110 valence electrons. The summed E-state index contributed by atoms with van der Waals surface area (Å²) in [6, 6.07) is 7.94. The number of benzene rings is 1. The van der Waals surface area contributed by atoms with Crippen LogP contribution in [0.5, 0.6) is 5.75 Å². The third kappa shape index (κ3) is 6.38. The van der Waals surface area contributed by atoms with Crippen LogP contribution in [0.2, 0.25) is 0 Å². The zero-order chi connectivity index (χ0) is 14.8. The summed E-state index contributed by atoms with van der Waals surface area (Å²) in [6.07, 6.45) is 1.72. The third-order valence-electron chi connectivity index (χ3n) is 2.75. The maximum absolute atomic E-state index is 11.3. The smallest absolute Gasteiger partial charge is 0.222 e. The molecule has 1 amide bonds. The summed E-state index contributed by atoms with van der Waals surface area (Å²) in [6.45, 7) is 10.1. The van der Waals surface area contributed by atoms with E-state index in [2.05, 4.69) is 17.2 Å². The molecule has 0 saturated heterocycles. The van der Waals surface area contributed by atoms with Gasteiger partial charge in [-0.25, -0.2) is 0 Å². The number of nitrogens with one attached hydrogen (secondary N) is 2. The van der Waals surface area contributed by atoms with Crippen LogP contribution in [0.1, 0.15) is 19.4 Å². The molecule has 0 atom stereocenters. The molecule has 0 saturated carbocycles. The van der Waals surface area contributed by atoms with Gasteiger partial charge in [-0.3, -0.25) is 4.79 Å². The number of carbonyl (C=O) groups excluding carboxylic acids is 1. The Bertz CT molecular complexity index is 413. The van der Waals surface area contributed by atoms with E-state index in [1.165, 1.54) is 5.56 Å². The van der Waals surface area contributed by atoms with Crippen molar-refractivity contribution in [2.24, 2.45) is 5.92 Å². The van der Waals surface area contributed by atoms with Crippen molar-refractivity contribution in [2.45, 2.75) is 20.4 Å². The Hall–Kier alpha value is -1.81. The lowest BCUT2D eigenvalue weighted by molar-refractivity contribution is -0.123. The molecule has 4 nitrogen and oxygen atoms in total. The average Bonchev–Trinajstić information content (AvgIpc) is 2.45. The van der Waals surface area contributed by atoms with Gasteiger partial charge in [0.05, 0.1) is 0 Å². The van der Waals surface area contributed by atoms with E-state index in [0.717, 1.165) is 18.8 Å². The lowest BCUT2D eigenvalue weighted by Crippen LogP contribution is -2.34. The van der Waals surface area contributed by atoms with E-state index in [1.54, 1.807) is 6.08 Å². The highest BCUT2D eigenvalue weighted by Gasteiger charge is 2.04. The fraction of sp³-hybridized carbons (Fsp3) is 0.438. The second kappa shape index (κ2) is 9.15. The summed E-state index contributed by atoms with van der Waals surface area (Å²) in [7, 11) is 0. The molecule has 0 bridgehead atoms. The number of amides is 1. The lowest BCUT2D eigenvalue weighted by Gasteiger charge is -2.09. The molecule has 2 N–H and O–H groups in total. The molecule has 1 rings (SSSR count). The quantitative estimate of drug-likeness (QED) is 0.536. The minimum Gasteiger partial charge on any atom is -0.490 e. The molecule has 4 heteroatoms. The van der Waals surface area contributed by atoms with Crippen molar-refractivity contribution in [1.82, 2.24) is 10.6 Å². The first-order valence-corrected chi connectivity index (χ1v) is 6.94. The SMILES string of the molecule is C=CCOc1ccc(CNCCNC(=O)C(C)C)cc1. The number of carbonyl (C=O) groups is 1. The molecule has 0 aromatic heterocycles. The van der Waals surface area contributed by atoms with Crippen LogP contribution in [0.3, 0.4) is 0 Å². The molecule has 0 aliphatic rings. The van der Waals surface area contributed by atoms with Crippen LogP contribution >= 0.6 is 0 Å². The van der Waals surface area contributed by atoms with Gasteiger partial charge in [0, 0.05) is 25.6 Å². The third-order valence-corrected chi connectivity index (χ3v) is 2.75. The molecule has 0 spiro atoms. The molecule has 1 aromatic carbocycles. The summed E-state index contributed by atoms with van der Waals surface area (Å²) >= 11 is 0. The van der Waals surface area contributed by atoms with E-state index in [1.807, 2.05) is 38.1 Å². The Balaban J connectivity index is 2.18. The van der Waals surface area contributed by atoms with Crippen molar-refractivity contribution >= 4 is 5.91 Å². The van der Waals surface area contributed by atoms with Crippen molar-refractivity contribution < 1.29 is 9.53 Å². The van der Waals surface area contributed by atoms with Crippen LogP contribution in [-0.4, -0.2) is 25.6 Å². The van der Waals surface area contributed by atoms with Crippen LogP contribution in [0, 0.1) is 5.92 Å². The zero-order valence-corrected chi connectivity index (χ0v) is 12.3. The normalized spacial score (nSPS) is 10.3. The highest BCUT2D eigenvalue weighted by molar-refractivity contribution is 5.77. The number of hydrogen-bond donors (Lipinski definition) is 2. The number of hydrogen-bond acceptors (Lipinski definition) is 3. The summed E-state index contributed by atoms with van der Waals surface area (Å²) in [5, 5.41) is 6.16. The number of rotatable bonds is 9. The summed E-state index contributed by atoms with van der Waals surface area (Å²) in [5.74, 6) is 0.978. The van der Waals surface area contributed by atoms with Crippen molar-refractivity contribution in [3.05, 3.63) is 42.5 Å². The molecule has 0 aliphatic heterocycles. The van der Waals surface area contributed by atoms with E-state index in [9.17, 15) is 4.79 Å². The molecule has 0 aliphatic carbocycles. The topological polar surface area (TPSA) is 50.4 Å². The molecule has 0 unspecified atom stereocenters. The second-order valence-electron chi connectivity index (χ2n) is 4.87. The van der Waals surface area contributed by atoms with Gasteiger partial charge in [0.25, 0.3) is 0 Å². The molecule has 0 fully saturated rings. The summed E-state index contributed by atoms with van der Waals surface area (Å²) in [5.41, 5.74) is 1.19. The van der Waals surface area contributed by atoms with Gasteiger partial charge in [-0.1, -0.05) is 38.6 Å². The van der Waals surface area contributed by atoms with E-state index in [-0.39, 0.29) is 11.8 Å². The maximum Gasteiger partial charge on any atom is 0.222 e. The summed E-state index contributed by atoms with van der Waals surface area (Å²) < 4.78 is 5.42. The molecule has 20 heavy (non-hydrogen) atoms. The van der Waals surface area contributed by atoms with Crippen LogP contribution < -0.4 is 15.4 Å². The fourth-order valence-corrected chi connectivity index (χ4v) is 1.57. The molecular weight excluding hydrogens is 252 g/mol. The van der Waals surface area contributed by atoms with Gasteiger partial charge in [-0.15, -0.1) is 0 Å². The Morgan fingerprint density at radius 2 is 2.00 bits per heavy atom. The van der Waals surface area contributed by atoms with Crippen LogP contribution in [-0.2, 0) is 11.3 Å². The molecular formula is C16H24N2O2. The van der Waals surface area contributed by atoms with Gasteiger partial charge in [0.1, 0.15) is 12.4 Å². The standard InChI is InChI=1S/C16H24N2O2/c1-4-11-20-15-7-5-14(6-8-15)12-17-9-10-18-16(19)13(2)3/h4-8,13,17H,1,9-12H2,2-3H3,(H,18,19). The Labute approximate surface area is 121 Å². The highest BCUT2D eigenvalue weighted by atomic mass is 16.5. The number of ether oxygens (including phenoxy) is 1. The zero-order valence-electron chi connectivity index (χ0n) is 12.3. The van der Waals surface area contributed by atoms with Crippen LogP contribution in [0.25, 0.3) is 0 Å². The second-order valence-corrected chi connectivity index (χ2v) is 4.87. The van der Waals surface area contributed by atoms with E-state index < -0.39 is 0 Å². The van der Waals surface area contributed by atoms with Gasteiger partial charge in [-0.2, -0.15) is 0 Å². The predicted octanol–water partition coefficient (Wildman–Crippen LogP) is 2.11. The average molecular weight is 276 g/mol. The van der Waals surface area contributed by atoms with E-state index in [0.29, 0.717) is 13.2 Å². The van der Waals surface area contributed by atoms with Crippen LogP contribution in [0.15, 0.2) is 36.9 Å². The van der Waals surface area contributed by atoms with Gasteiger partial charge in [0.15, 0.2) is 0 Å². The van der Waals surface area contributed by atoms with Gasteiger partial charge in [-0.05, 0) is 17.7 Å². The minimum absolute atomic E-state index is 0.0399. The van der Waals surface area contributed by atoms with Gasteiger partial charge in [0.2, 0.25) is 5.91 Å². The van der Waals surface area contributed by atoms with Crippen molar-refractivity contribution in [2.75, 3.05) is 19.7 Å². The monoisotopic (exact) mass is 276 g/mol. The Morgan fingerprint density at radius 1 is 1.30 bits per heavy atom. The summed E-state index contributed by atoms with van der Waals surface area (Å²) in [4.78, 5) is 11.3. The maximum atomic E-state index is 11.3. The first kappa shape index (κ1) is 16.2. The first-order valence-electron chi connectivity index (χ1n) is 6.94. The highest BCUT2D eigenvalue weighted by Crippen LogP contribution is 2.11. The van der Waals surface area contributed by atoms with Gasteiger partial charge >= 0.3 is 0 Å².